The van der Waals surface area contributed by atoms with Crippen LogP contribution in [0.3, 0.4) is 0 Å². The molecule has 0 amide bonds. The van der Waals surface area contributed by atoms with E-state index in [4.69, 9.17) is 0 Å². The summed E-state index contributed by atoms with van der Waals surface area (Å²) in [5.74, 6) is 1.77. The first kappa shape index (κ1) is 9.71. The minimum absolute atomic E-state index is 0.812. The van der Waals surface area contributed by atoms with Gasteiger partial charge >= 0.3 is 0 Å². The van der Waals surface area contributed by atoms with E-state index in [1.807, 2.05) is 0 Å². The van der Waals surface area contributed by atoms with Gasteiger partial charge in [0.05, 0.1) is 0 Å². The molecule has 2 heteroatoms. The molecule has 0 saturated heterocycles. The fourth-order valence-electron chi connectivity index (χ4n) is 2.85. The maximum absolute atomic E-state index is 3.58. The minimum atomic E-state index is 0.812. The van der Waals surface area contributed by atoms with Gasteiger partial charge in [-0.2, -0.15) is 0 Å². The van der Waals surface area contributed by atoms with Crippen molar-refractivity contribution in [3.8, 4) is 0 Å². The molecule has 0 bridgehead atoms. The average molecular weight is 266 g/mol. The highest BCUT2D eigenvalue weighted by atomic mass is 79.9. The SMILES string of the molecule is Brc1ccc2c(c1)C(C1CCC1)CCN2. The van der Waals surface area contributed by atoms with Crippen molar-refractivity contribution in [2.75, 3.05) is 11.9 Å². The van der Waals surface area contributed by atoms with Crippen LogP contribution in [-0.4, -0.2) is 6.54 Å². The molecule has 0 spiro atoms. The quantitative estimate of drug-likeness (QED) is 0.805. The summed E-state index contributed by atoms with van der Waals surface area (Å²) in [6, 6.07) is 6.66. The topological polar surface area (TPSA) is 12.0 Å². The van der Waals surface area contributed by atoms with E-state index in [0.717, 1.165) is 18.4 Å². The van der Waals surface area contributed by atoms with Crippen molar-refractivity contribution >= 4 is 21.6 Å². The molecule has 1 aromatic rings. The van der Waals surface area contributed by atoms with Gasteiger partial charge in [0.15, 0.2) is 0 Å². The lowest BCUT2D eigenvalue weighted by molar-refractivity contribution is 0.252. The molecule has 0 radical (unpaired) electrons. The lowest BCUT2D eigenvalue weighted by Gasteiger charge is -2.38. The maximum atomic E-state index is 3.58. The summed E-state index contributed by atoms with van der Waals surface area (Å²) in [7, 11) is 0. The predicted octanol–water partition coefficient (Wildman–Crippen LogP) is 4.15. The summed E-state index contributed by atoms with van der Waals surface area (Å²) in [6.07, 6.45) is 5.64. The van der Waals surface area contributed by atoms with Crippen LogP contribution in [0.25, 0.3) is 0 Å². The molecular weight excluding hydrogens is 250 g/mol. The van der Waals surface area contributed by atoms with Crippen molar-refractivity contribution in [2.45, 2.75) is 31.6 Å². The van der Waals surface area contributed by atoms with E-state index >= 15 is 0 Å². The van der Waals surface area contributed by atoms with E-state index in [1.54, 1.807) is 5.56 Å². The number of benzene rings is 1. The van der Waals surface area contributed by atoms with E-state index in [1.165, 1.54) is 35.8 Å². The van der Waals surface area contributed by atoms with Gasteiger partial charge in [0, 0.05) is 16.7 Å². The highest BCUT2D eigenvalue weighted by Gasteiger charge is 2.31. The Labute approximate surface area is 99.4 Å². The first-order chi connectivity index (χ1) is 7.34. The predicted molar refractivity (Wildman–Crippen MR) is 67.3 cm³/mol. The monoisotopic (exact) mass is 265 g/mol. The molecule has 80 valence electrons. The highest BCUT2D eigenvalue weighted by Crippen LogP contribution is 2.45. The minimum Gasteiger partial charge on any atom is -0.385 e. The van der Waals surface area contributed by atoms with Crippen molar-refractivity contribution in [2.24, 2.45) is 5.92 Å². The molecule has 1 aromatic carbocycles. The molecule has 1 nitrogen and oxygen atoms in total. The van der Waals surface area contributed by atoms with Crippen molar-refractivity contribution in [1.82, 2.24) is 0 Å². The molecular formula is C13H16BrN. The van der Waals surface area contributed by atoms with Crippen LogP contribution < -0.4 is 5.32 Å². The molecule has 1 aliphatic carbocycles. The van der Waals surface area contributed by atoms with Crippen LogP contribution in [-0.2, 0) is 0 Å². The van der Waals surface area contributed by atoms with Gasteiger partial charge in [-0.25, -0.2) is 0 Å². The summed E-state index contributed by atoms with van der Waals surface area (Å²) in [5.41, 5.74) is 2.90. The van der Waals surface area contributed by atoms with E-state index in [2.05, 4.69) is 39.4 Å². The summed E-state index contributed by atoms with van der Waals surface area (Å²) in [5, 5.41) is 3.50. The van der Waals surface area contributed by atoms with E-state index in [9.17, 15) is 0 Å². The van der Waals surface area contributed by atoms with Gasteiger partial charge in [-0.3, -0.25) is 0 Å². The van der Waals surface area contributed by atoms with E-state index in [-0.39, 0.29) is 0 Å². The van der Waals surface area contributed by atoms with Crippen LogP contribution in [0.4, 0.5) is 5.69 Å². The van der Waals surface area contributed by atoms with Crippen LogP contribution in [0.5, 0.6) is 0 Å². The first-order valence-corrected chi connectivity index (χ1v) is 6.67. The van der Waals surface area contributed by atoms with Gasteiger partial charge in [-0.05, 0) is 54.9 Å². The zero-order chi connectivity index (χ0) is 10.3. The Bertz CT molecular complexity index is 371. The van der Waals surface area contributed by atoms with Crippen molar-refractivity contribution in [3.63, 3.8) is 0 Å². The van der Waals surface area contributed by atoms with Crippen LogP contribution in [0.2, 0.25) is 0 Å². The molecule has 1 N–H and O–H groups in total. The number of fused-ring (bicyclic) bond motifs is 1. The maximum Gasteiger partial charge on any atom is 0.0376 e. The van der Waals surface area contributed by atoms with Crippen molar-refractivity contribution < 1.29 is 0 Å². The zero-order valence-electron chi connectivity index (χ0n) is 8.80. The van der Waals surface area contributed by atoms with Crippen LogP contribution in [0, 0.1) is 5.92 Å². The third kappa shape index (κ3) is 1.69. The smallest absolute Gasteiger partial charge is 0.0376 e. The van der Waals surface area contributed by atoms with Gasteiger partial charge in [-0.1, -0.05) is 22.4 Å². The normalized spacial score (nSPS) is 25.3. The number of anilines is 1. The molecule has 2 aliphatic rings. The lowest BCUT2D eigenvalue weighted by atomic mass is 9.70. The summed E-state index contributed by atoms with van der Waals surface area (Å²) in [4.78, 5) is 0. The van der Waals surface area contributed by atoms with E-state index in [0.29, 0.717) is 0 Å². The van der Waals surface area contributed by atoms with Crippen LogP contribution in [0.15, 0.2) is 22.7 Å². The number of hydrogen-bond donors (Lipinski definition) is 1. The number of nitrogens with one attached hydrogen (secondary N) is 1. The third-order valence-electron chi connectivity index (χ3n) is 3.90. The van der Waals surface area contributed by atoms with Gasteiger partial charge in [-0.15, -0.1) is 0 Å². The molecule has 15 heavy (non-hydrogen) atoms. The van der Waals surface area contributed by atoms with Crippen molar-refractivity contribution in [1.29, 1.82) is 0 Å². The Morgan fingerprint density at radius 1 is 1.20 bits per heavy atom. The van der Waals surface area contributed by atoms with Gasteiger partial charge < -0.3 is 5.32 Å². The molecule has 1 atom stereocenters. The Morgan fingerprint density at radius 3 is 2.80 bits per heavy atom. The zero-order valence-corrected chi connectivity index (χ0v) is 10.4. The first-order valence-electron chi connectivity index (χ1n) is 5.88. The fraction of sp³-hybridized carbons (Fsp3) is 0.538. The fourth-order valence-corrected chi connectivity index (χ4v) is 3.23. The second-order valence-corrected chi connectivity index (χ2v) is 5.66. The van der Waals surface area contributed by atoms with Crippen molar-refractivity contribution in [3.05, 3.63) is 28.2 Å². The number of halogens is 1. The second kappa shape index (κ2) is 3.82. The van der Waals surface area contributed by atoms with Gasteiger partial charge in [0.25, 0.3) is 0 Å². The Hall–Kier alpha value is -0.500. The van der Waals surface area contributed by atoms with E-state index < -0.39 is 0 Å². The lowest BCUT2D eigenvalue weighted by Crippen LogP contribution is -2.26. The number of hydrogen-bond acceptors (Lipinski definition) is 1. The largest absolute Gasteiger partial charge is 0.385 e. The second-order valence-electron chi connectivity index (χ2n) is 4.74. The standard InChI is InChI=1S/C13H16BrN/c14-10-4-5-13-12(8-10)11(6-7-15-13)9-2-1-3-9/h4-5,8-9,11,15H,1-3,6-7H2. The number of rotatable bonds is 1. The van der Waals surface area contributed by atoms with Gasteiger partial charge in [0.1, 0.15) is 0 Å². The van der Waals surface area contributed by atoms with Crippen LogP contribution >= 0.6 is 15.9 Å². The third-order valence-corrected chi connectivity index (χ3v) is 4.40. The Balaban J connectivity index is 1.96. The Kier molecular flexibility index (Phi) is 2.47. The molecule has 0 aromatic heterocycles. The molecule has 1 unspecified atom stereocenters. The van der Waals surface area contributed by atoms with Gasteiger partial charge in [0.2, 0.25) is 0 Å². The van der Waals surface area contributed by atoms with Crippen LogP contribution in [0.1, 0.15) is 37.2 Å². The highest BCUT2D eigenvalue weighted by molar-refractivity contribution is 9.10. The summed E-state index contributed by atoms with van der Waals surface area (Å²) < 4.78 is 1.22. The molecule has 1 heterocycles. The Morgan fingerprint density at radius 2 is 2.07 bits per heavy atom. The molecule has 3 rings (SSSR count). The summed E-state index contributed by atoms with van der Waals surface area (Å²) >= 11 is 3.58. The average Bonchev–Trinajstić information content (AvgIpc) is 2.16. The molecule has 1 aliphatic heterocycles. The summed E-state index contributed by atoms with van der Waals surface area (Å²) in [6.45, 7) is 1.15. The molecule has 1 fully saturated rings. The molecule has 1 saturated carbocycles.